The van der Waals surface area contributed by atoms with Crippen LogP contribution in [0.4, 0.5) is 5.69 Å². The van der Waals surface area contributed by atoms with Crippen LogP contribution in [0.25, 0.3) is 0 Å². The Balaban J connectivity index is 2.25. The summed E-state index contributed by atoms with van der Waals surface area (Å²) in [7, 11) is 0. The van der Waals surface area contributed by atoms with E-state index >= 15 is 0 Å². The molecule has 17 heavy (non-hydrogen) atoms. The number of rotatable bonds is 3. The van der Waals surface area contributed by atoms with E-state index < -0.39 is 0 Å². The first-order valence-corrected chi connectivity index (χ1v) is 5.52. The Bertz CT molecular complexity index is 538. The highest BCUT2D eigenvalue weighted by atomic mass is 16.3. The van der Waals surface area contributed by atoms with Gasteiger partial charge in [0.15, 0.2) is 0 Å². The molecule has 1 aromatic heterocycles. The molecular weight excluding hydrogens is 212 g/mol. The molecule has 0 bridgehead atoms. The lowest BCUT2D eigenvalue weighted by Crippen LogP contribution is -2.07. The molecule has 1 unspecified atom stereocenters. The molecule has 3 nitrogen and oxygen atoms in total. The van der Waals surface area contributed by atoms with Crippen molar-refractivity contribution in [3.8, 4) is 6.07 Å². The van der Waals surface area contributed by atoms with Gasteiger partial charge >= 0.3 is 0 Å². The van der Waals surface area contributed by atoms with E-state index in [1.54, 1.807) is 6.26 Å². The number of nitriles is 1. The molecule has 0 saturated heterocycles. The van der Waals surface area contributed by atoms with Crippen molar-refractivity contribution in [1.82, 2.24) is 0 Å². The third-order valence-corrected chi connectivity index (χ3v) is 2.73. The molecule has 2 rings (SSSR count). The number of anilines is 1. The maximum Gasteiger partial charge on any atom is 0.125 e. The smallest absolute Gasteiger partial charge is 0.125 e. The van der Waals surface area contributed by atoms with Crippen molar-refractivity contribution in [2.75, 3.05) is 5.32 Å². The van der Waals surface area contributed by atoms with Crippen molar-refractivity contribution in [2.45, 2.75) is 19.9 Å². The molecule has 86 valence electrons. The van der Waals surface area contributed by atoms with Crippen LogP contribution in [0.3, 0.4) is 0 Å². The van der Waals surface area contributed by atoms with Crippen LogP contribution in [-0.4, -0.2) is 0 Å². The summed E-state index contributed by atoms with van der Waals surface area (Å²) in [4.78, 5) is 0. The average molecular weight is 226 g/mol. The third kappa shape index (κ3) is 2.31. The van der Waals surface area contributed by atoms with Crippen LogP contribution in [0.1, 0.15) is 29.9 Å². The van der Waals surface area contributed by atoms with E-state index in [2.05, 4.69) is 11.4 Å². The van der Waals surface area contributed by atoms with E-state index in [0.717, 1.165) is 17.0 Å². The predicted molar refractivity (Wildman–Crippen MR) is 66.6 cm³/mol. The lowest BCUT2D eigenvalue weighted by molar-refractivity contribution is 0.490. The lowest BCUT2D eigenvalue weighted by atomic mass is 10.1. The molecule has 0 fully saturated rings. The summed E-state index contributed by atoms with van der Waals surface area (Å²) in [6.45, 7) is 3.93. The van der Waals surface area contributed by atoms with Gasteiger partial charge < -0.3 is 9.73 Å². The first kappa shape index (κ1) is 11.3. The molecule has 0 amide bonds. The fraction of sp³-hybridized carbons (Fsp3) is 0.214. The minimum absolute atomic E-state index is 0.0406. The first-order valence-electron chi connectivity index (χ1n) is 5.52. The molecule has 3 heteroatoms. The van der Waals surface area contributed by atoms with Crippen LogP contribution >= 0.6 is 0 Å². The Hall–Kier alpha value is -2.21. The summed E-state index contributed by atoms with van der Waals surface area (Å²) in [5.74, 6) is 0.857. The zero-order chi connectivity index (χ0) is 12.3. The third-order valence-electron chi connectivity index (χ3n) is 2.73. The Morgan fingerprint density at radius 3 is 2.76 bits per heavy atom. The van der Waals surface area contributed by atoms with Crippen molar-refractivity contribution in [2.24, 2.45) is 0 Å². The normalized spacial score (nSPS) is 11.8. The molecule has 0 aliphatic carbocycles. The second-order valence-electron chi connectivity index (χ2n) is 3.99. The Kier molecular flexibility index (Phi) is 3.15. The standard InChI is InChI=1S/C14H14N2O/c1-10-5-3-6-13(12(10)9-15)16-11(2)14-7-4-8-17-14/h3-8,11,16H,1-2H3. The van der Waals surface area contributed by atoms with Crippen LogP contribution in [0.2, 0.25) is 0 Å². The number of furan rings is 1. The number of aryl methyl sites for hydroxylation is 1. The van der Waals surface area contributed by atoms with Crippen molar-refractivity contribution in [3.63, 3.8) is 0 Å². The summed E-state index contributed by atoms with van der Waals surface area (Å²) < 4.78 is 5.33. The zero-order valence-electron chi connectivity index (χ0n) is 9.90. The minimum Gasteiger partial charge on any atom is -0.467 e. The van der Waals surface area contributed by atoms with Gasteiger partial charge in [0.1, 0.15) is 11.8 Å². The molecule has 0 aliphatic heterocycles. The molecule has 0 aliphatic rings. The van der Waals surface area contributed by atoms with Gasteiger partial charge in [-0.15, -0.1) is 0 Å². The summed E-state index contributed by atoms with van der Waals surface area (Å²) in [6, 6.07) is 11.8. The number of benzene rings is 1. The van der Waals surface area contributed by atoms with Crippen molar-refractivity contribution >= 4 is 5.69 Å². The topological polar surface area (TPSA) is 49.0 Å². The van der Waals surface area contributed by atoms with Gasteiger partial charge in [-0.05, 0) is 37.6 Å². The van der Waals surface area contributed by atoms with Crippen molar-refractivity contribution < 1.29 is 4.42 Å². The molecule has 0 saturated carbocycles. The van der Waals surface area contributed by atoms with Crippen LogP contribution < -0.4 is 5.32 Å². The Labute approximate surface area is 101 Å². The van der Waals surface area contributed by atoms with Crippen molar-refractivity contribution in [3.05, 3.63) is 53.5 Å². The van der Waals surface area contributed by atoms with Gasteiger partial charge in [0, 0.05) is 0 Å². The van der Waals surface area contributed by atoms with E-state index in [-0.39, 0.29) is 6.04 Å². The van der Waals surface area contributed by atoms with E-state index in [1.165, 1.54) is 0 Å². The Morgan fingerprint density at radius 2 is 2.12 bits per heavy atom. The van der Waals surface area contributed by atoms with Crippen LogP contribution in [0.15, 0.2) is 41.0 Å². The van der Waals surface area contributed by atoms with E-state index in [4.69, 9.17) is 9.68 Å². The van der Waals surface area contributed by atoms with Gasteiger partial charge in [-0.3, -0.25) is 0 Å². The van der Waals surface area contributed by atoms with Gasteiger partial charge in [-0.1, -0.05) is 12.1 Å². The van der Waals surface area contributed by atoms with Crippen LogP contribution in [-0.2, 0) is 0 Å². The number of hydrogen-bond acceptors (Lipinski definition) is 3. The van der Waals surface area contributed by atoms with Crippen LogP contribution in [0.5, 0.6) is 0 Å². The molecule has 2 aromatic rings. The quantitative estimate of drug-likeness (QED) is 0.869. The average Bonchev–Trinajstić information content (AvgIpc) is 2.82. The number of nitrogens with one attached hydrogen (secondary N) is 1. The van der Waals surface area contributed by atoms with E-state index in [1.807, 2.05) is 44.2 Å². The summed E-state index contributed by atoms with van der Waals surface area (Å²) >= 11 is 0. The summed E-state index contributed by atoms with van der Waals surface area (Å²) in [5.41, 5.74) is 2.51. The zero-order valence-corrected chi connectivity index (χ0v) is 9.90. The van der Waals surface area contributed by atoms with Gasteiger partial charge in [0.25, 0.3) is 0 Å². The largest absolute Gasteiger partial charge is 0.467 e. The summed E-state index contributed by atoms with van der Waals surface area (Å²) in [5, 5.41) is 12.4. The van der Waals surface area contributed by atoms with Gasteiger partial charge in [-0.25, -0.2) is 0 Å². The highest BCUT2D eigenvalue weighted by Gasteiger charge is 2.11. The highest BCUT2D eigenvalue weighted by Crippen LogP contribution is 2.24. The molecular formula is C14H14N2O. The highest BCUT2D eigenvalue weighted by molar-refractivity contribution is 5.61. The molecule has 1 atom stereocenters. The van der Waals surface area contributed by atoms with E-state index in [9.17, 15) is 0 Å². The second-order valence-corrected chi connectivity index (χ2v) is 3.99. The maximum atomic E-state index is 9.13. The second kappa shape index (κ2) is 4.75. The van der Waals surface area contributed by atoms with E-state index in [0.29, 0.717) is 5.56 Å². The fourth-order valence-electron chi connectivity index (χ4n) is 1.78. The van der Waals surface area contributed by atoms with Crippen molar-refractivity contribution in [1.29, 1.82) is 5.26 Å². The van der Waals surface area contributed by atoms with Gasteiger partial charge in [0.05, 0.1) is 23.6 Å². The first-order chi connectivity index (χ1) is 8.22. The van der Waals surface area contributed by atoms with Gasteiger partial charge in [-0.2, -0.15) is 5.26 Å². The molecule has 1 aromatic carbocycles. The number of hydrogen-bond donors (Lipinski definition) is 1. The molecule has 1 heterocycles. The monoisotopic (exact) mass is 226 g/mol. The van der Waals surface area contributed by atoms with Crippen LogP contribution in [0, 0.1) is 18.3 Å². The molecule has 0 spiro atoms. The van der Waals surface area contributed by atoms with Gasteiger partial charge in [0.2, 0.25) is 0 Å². The maximum absolute atomic E-state index is 9.13. The number of nitrogens with zero attached hydrogens (tertiary/aromatic N) is 1. The SMILES string of the molecule is Cc1cccc(NC(C)c2ccco2)c1C#N. The lowest BCUT2D eigenvalue weighted by Gasteiger charge is -2.14. The predicted octanol–water partition coefficient (Wildman–Crippen LogP) is 3.63. The summed E-state index contributed by atoms with van der Waals surface area (Å²) in [6.07, 6.45) is 1.65. The molecule has 1 N–H and O–H groups in total. The fourth-order valence-corrected chi connectivity index (χ4v) is 1.78. The molecule has 0 radical (unpaired) electrons. The minimum atomic E-state index is 0.0406. The Morgan fingerprint density at radius 1 is 1.29 bits per heavy atom.